The van der Waals surface area contributed by atoms with E-state index in [-0.39, 0.29) is 5.56 Å². The van der Waals surface area contributed by atoms with E-state index in [9.17, 15) is 4.79 Å². The second-order valence-corrected chi connectivity index (χ2v) is 7.56. The van der Waals surface area contributed by atoms with Crippen LogP contribution in [0, 0.1) is 6.92 Å². The number of halogens is 2. The fourth-order valence-electron chi connectivity index (χ4n) is 3.20. The molecule has 0 atom stereocenters. The summed E-state index contributed by atoms with van der Waals surface area (Å²) >= 11 is 11.9. The highest BCUT2D eigenvalue weighted by Gasteiger charge is 2.13. The summed E-state index contributed by atoms with van der Waals surface area (Å²) in [4.78, 5) is 15.6. The third-order valence-corrected chi connectivity index (χ3v) is 5.18. The van der Waals surface area contributed by atoms with E-state index in [2.05, 4.69) is 15.4 Å². The first-order chi connectivity index (χ1) is 13.5. The number of H-pyrrole nitrogens is 1. The highest BCUT2D eigenvalue weighted by atomic mass is 35.5. The Bertz CT molecular complexity index is 1180. The molecule has 3 N–H and O–H groups in total. The molecule has 28 heavy (non-hydrogen) atoms. The van der Waals surface area contributed by atoms with Crippen LogP contribution in [-0.2, 0) is 13.1 Å². The van der Waals surface area contributed by atoms with Gasteiger partial charge in [0.05, 0.1) is 16.9 Å². The second kappa shape index (κ2) is 7.80. The van der Waals surface area contributed by atoms with Crippen molar-refractivity contribution in [1.82, 2.24) is 14.8 Å². The number of benzene rings is 2. The van der Waals surface area contributed by atoms with E-state index < -0.39 is 0 Å². The number of aromatic amines is 1. The lowest BCUT2D eigenvalue weighted by Gasteiger charge is -2.05. The van der Waals surface area contributed by atoms with Gasteiger partial charge in [0.1, 0.15) is 18.7 Å². The SMILES string of the molecule is Cc1nn(-c2ccc(Cl)cc2)c2[nH]c(=O)c(C[NH2+]Cc3ccc(Cl)cc3)cc12. The summed E-state index contributed by atoms with van der Waals surface area (Å²) in [6.45, 7) is 3.30. The van der Waals surface area contributed by atoms with Gasteiger partial charge in [0.25, 0.3) is 5.56 Å². The molecule has 2 aromatic carbocycles. The van der Waals surface area contributed by atoms with Crippen molar-refractivity contribution in [2.45, 2.75) is 20.0 Å². The first-order valence-corrected chi connectivity index (χ1v) is 9.70. The predicted molar refractivity (Wildman–Crippen MR) is 112 cm³/mol. The van der Waals surface area contributed by atoms with E-state index >= 15 is 0 Å². The number of aromatic nitrogens is 3. The molecule has 0 radical (unpaired) electrons. The minimum absolute atomic E-state index is 0.102. The molecule has 7 heteroatoms. The van der Waals surface area contributed by atoms with Gasteiger partial charge >= 0.3 is 0 Å². The Kier molecular flexibility index (Phi) is 5.22. The van der Waals surface area contributed by atoms with Gasteiger partial charge in [-0.25, -0.2) is 4.68 Å². The number of hydrogen-bond donors (Lipinski definition) is 2. The van der Waals surface area contributed by atoms with E-state index in [4.69, 9.17) is 23.2 Å². The van der Waals surface area contributed by atoms with E-state index in [0.717, 1.165) is 39.5 Å². The second-order valence-electron chi connectivity index (χ2n) is 6.68. The van der Waals surface area contributed by atoms with Crippen molar-refractivity contribution >= 4 is 34.2 Å². The van der Waals surface area contributed by atoms with Gasteiger partial charge in [0, 0.05) is 21.0 Å². The Morgan fingerprint density at radius 2 is 1.64 bits per heavy atom. The zero-order valence-electron chi connectivity index (χ0n) is 15.2. The highest BCUT2D eigenvalue weighted by molar-refractivity contribution is 6.30. The number of nitrogens with two attached hydrogens (primary N) is 1. The van der Waals surface area contributed by atoms with Crippen molar-refractivity contribution in [1.29, 1.82) is 0 Å². The van der Waals surface area contributed by atoms with Crippen molar-refractivity contribution < 1.29 is 5.32 Å². The molecular weight excluding hydrogens is 395 g/mol. The molecule has 0 amide bonds. The normalized spacial score (nSPS) is 11.2. The van der Waals surface area contributed by atoms with E-state index in [1.54, 1.807) is 16.8 Å². The molecule has 0 fully saturated rings. The Balaban J connectivity index is 1.60. The van der Waals surface area contributed by atoms with Crippen LogP contribution in [0.25, 0.3) is 16.7 Å². The third-order valence-electron chi connectivity index (χ3n) is 4.68. The van der Waals surface area contributed by atoms with Gasteiger partial charge in [-0.2, -0.15) is 5.10 Å². The van der Waals surface area contributed by atoms with Crippen LogP contribution in [0.4, 0.5) is 0 Å². The molecule has 4 rings (SSSR count). The number of nitrogens with one attached hydrogen (secondary N) is 1. The number of pyridine rings is 1. The third kappa shape index (κ3) is 3.83. The molecule has 0 aliphatic carbocycles. The van der Waals surface area contributed by atoms with Crippen molar-refractivity contribution in [3.05, 3.63) is 91.8 Å². The lowest BCUT2D eigenvalue weighted by Crippen LogP contribution is -2.81. The van der Waals surface area contributed by atoms with Crippen LogP contribution in [0.3, 0.4) is 0 Å². The van der Waals surface area contributed by atoms with Crippen LogP contribution >= 0.6 is 23.2 Å². The molecule has 2 heterocycles. The lowest BCUT2D eigenvalue weighted by atomic mass is 10.2. The summed E-state index contributed by atoms with van der Waals surface area (Å²) < 4.78 is 1.74. The van der Waals surface area contributed by atoms with Crippen molar-refractivity contribution in [3.63, 3.8) is 0 Å². The summed E-state index contributed by atoms with van der Waals surface area (Å²) in [7, 11) is 0. The van der Waals surface area contributed by atoms with Crippen LogP contribution < -0.4 is 10.9 Å². The molecule has 0 bridgehead atoms. The molecule has 0 saturated carbocycles. The Labute approximate surface area is 171 Å². The van der Waals surface area contributed by atoms with Crippen molar-refractivity contribution in [3.8, 4) is 5.69 Å². The maximum atomic E-state index is 12.6. The minimum Gasteiger partial charge on any atom is -0.339 e. The van der Waals surface area contributed by atoms with Gasteiger partial charge in [0.2, 0.25) is 0 Å². The van der Waals surface area contributed by atoms with Gasteiger partial charge in [0.15, 0.2) is 0 Å². The van der Waals surface area contributed by atoms with E-state index in [1.807, 2.05) is 49.4 Å². The van der Waals surface area contributed by atoms with Crippen molar-refractivity contribution in [2.75, 3.05) is 0 Å². The number of nitrogens with zero attached hydrogens (tertiary/aromatic N) is 2. The smallest absolute Gasteiger partial charge is 0.258 e. The fraction of sp³-hybridized carbons (Fsp3) is 0.143. The monoisotopic (exact) mass is 413 g/mol. The van der Waals surface area contributed by atoms with Crippen LogP contribution in [0.2, 0.25) is 10.0 Å². The Morgan fingerprint density at radius 1 is 1.00 bits per heavy atom. The topological polar surface area (TPSA) is 67.3 Å². The van der Waals surface area contributed by atoms with Gasteiger partial charge in [-0.1, -0.05) is 35.3 Å². The number of hydrogen-bond acceptors (Lipinski definition) is 2. The Morgan fingerprint density at radius 3 is 2.32 bits per heavy atom. The van der Waals surface area contributed by atoms with E-state index in [1.165, 1.54) is 0 Å². The number of aryl methyl sites for hydroxylation is 1. The standard InChI is InChI=1S/C21H18Cl2N4O/c1-13-19-10-15(12-24-11-14-2-4-16(22)5-3-14)21(28)25-20(19)27(26-13)18-8-6-17(23)7-9-18/h2-10,24H,11-12H2,1H3,(H,25,28)/p+1. The molecule has 5 nitrogen and oxygen atoms in total. The molecule has 0 saturated heterocycles. The van der Waals surface area contributed by atoms with Gasteiger partial charge in [-0.15, -0.1) is 0 Å². The summed E-state index contributed by atoms with van der Waals surface area (Å²) in [6, 6.07) is 17.0. The zero-order valence-corrected chi connectivity index (χ0v) is 16.8. The molecule has 0 aliphatic rings. The number of quaternary nitrogens is 1. The molecule has 142 valence electrons. The molecule has 0 aliphatic heterocycles. The van der Waals surface area contributed by atoms with Crippen LogP contribution in [0.5, 0.6) is 0 Å². The van der Waals surface area contributed by atoms with Crippen LogP contribution in [0.15, 0.2) is 59.4 Å². The average Bonchev–Trinajstić information content (AvgIpc) is 3.00. The minimum atomic E-state index is -0.102. The first-order valence-electron chi connectivity index (χ1n) is 8.95. The number of fused-ring (bicyclic) bond motifs is 1. The summed E-state index contributed by atoms with van der Waals surface area (Å²) in [6.07, 6.45) is 0. The maximum absolute atomic E-state index is 12.6. The summed E-state index contributed by atoms with van der Waals surface area (Å²) in [5.41, 5.74) is 4.18. The molecule has 0 unspecified atom stereocenters. The first kappa shape index (κ1) is 18.7. The van der Waals surface area contributed by atoms with Gasteiger partial charge in [-0.05, 0) is 49.4 Å². The zero-order chi connectivity index (χ0) is 19.7. The largest absolute Gasteiger partial charge is 0.339 e. The number of rotatable bonds is 5. The van der Waals surface area contributed by atoms with Gasteiger partial charge in [-0.3, -0.25) is 4.79 Å². The maximum Gasteiger partial charge on any atom is 0.258 e. The molecule has 2 aromatic heterocycles. The summed E-state index contributed by atoms with van der Waals surface area (Å²) in [5, 5.41) is 9.00. The lowest BCUT2D eigenvalue weighted by molar-refractivity contribution is -0.686. The fourth-order valence-corrected chi connectivity index (χ4v) is 3.45. The average molecular weight is 414 g/mol. The van der Waals surface area contributed by atoms with Crippen LogP contribution in [0.1, 0.15) is 16.8 Å². The molecular formula is C21H19Cl2N4O+. The summed E-state index contributed by atoms with van der Waals surface area (Å²) in [5.74, 6) is 0. The van der Waals surface area contributed by atoms with Crippen LogP contribution in [-0.4, -0.2) is 14.8 Å². The quantitative estimate of drug-likeness (QED) is 0.524. The predicted octanol–water partition coefficient (Wildman–Crippen LogP) is 3.59. The Hall–Kier alpha value is -2.60. The van der Waals surface area contributed by atoms with E-state index in [0.29, 0.717) is 17.2 Å². The molecule has 0 spiro atoms. The highest BCUT2D eigenvalue weighted by Crippen LogP contribution is 2.21. The molecule has 4 aromatic rings. The van der Waals surface area contributed by atoms with Gasteiger partial charge < -0.3 is 10.3 Å². The van der Waals surface area contributed by atoms with Crippen molar-refractivity contribution in [2.24, 2.45) is 0 Å².